The van der Waals surface area contributed by atoms with Crippen molar-refractivity contribution in [3.8, 4) is 0 Å². The zero-order valence-electron chi connectivity index (χ0n) is 14.2. The summed E-state index contributed by atoms with van der Waals surface area (Å²) in [5.74, 6) is 0.222. The summed E-state index contributed by atoms with van der Waals surface area (Å²) in [5, 5.41) is 3.02. The lowest BCUT2D eigenvalue weighted by molar-refractivity contribution is -0.132. The highest BCUT2D eigenvalue weighted by atomic mass is 16.2. The van der Waals surface area contributed by atoms with Gasteiger partial charge in [0.05, 0.1) is 0 Å². The molecule has 0 spiro atoms. The number of hydrogen-bond acceptors (Lipinski definition) is 5. The van der Waals surface area contributed by atoms with Gasteiger partial charge in [-0.25, -0.2) is 0 Å². The van der Waals surface area contributed by atoms with E-state index >= 15 is 0 Å². The molecule has 24 heavy (non-hydrogen) atoms. The number of piperidine rings is 1. The standard InChI is InChI=1S/C18H27N5O/c24-18-17-14-23(11-10-22(17)9-6-20-18)16-3-7-21(8-4-16)13-15-2-1-5-19-12-15/h1-2,5,12,16-17H,3-4,6-11,13-14H2,(H,20,24). The monoisotopic (exact) mass is 329 g/mol. The van der Waals surface area contributed by atoms with Gasteiger partial charge in [-0.15, -0.1) is 0 Å². The Morgan fingerprint density at radius 2 is 1.96 bits per heavy atom. The molecule has 3 fully saturated rings. The fraction of sp³-hybridized carbons (Fsp3) is 0.667. The summed E-state index contributed by atoms with van der Waals surface area (Å²) in [6, 6.07) is 4.87. The van der Waals surface area contributed by atoms with E-state index in [0.29, 0.717) is 6.04 Å². The molecule has 0 radical (unpaired) electrons. The van der Waals surface area contributed by atoms with Crippen molar-refractivity contribution in [1.82, 2.24) is 25.0 Å². The van der Waals surface area contributed by atoms with Crippen molar-refractivity contribution in [1.29, 1.82) is 0 Å². The number of nitrogens with zero attached hydrogens (tertiary/aromatic N) is 4. The first kappa shape index (κ1) is 16.0. The fourth-order valence-corrected chi connectivity index (χ4v) is 4.32. The van der Waals surface area contributed by atoms with Crippen LogP contribution in [0, 0.1) is 0 Å². The molecule has 6 nitrogen and oxygen atoms in total. The molecule has 1 amide bonds. The molecule has 0 aliphatic carbocycles. The molecule has 3 aliphatic heterocycles. The van der Waals surface area contributed by atoms with E-state index in [9.17, 15) is 4.79 Å². The highest BCUT2D eigenvalue weighted by Gasteiger charge is 2.37. The second-order valence-corrected chi connectivity index (χ2v) is 7.21. The Morgan fingerprint density at radius 1 is 1.12 bits per heavy atom. The molecule has 4 rings (SSSR count). The van der Waals surface area contributed by atoms with Crippen LogP contribution in [-0.2, 0) is 11.3 Å². The van der Waals surface area contributed by atoms with Gasteiger partial charge in [0, 0.05) is 57.7 Å². The van der Waals surface area contributed by atoms with Gasteiger partial charge in [0.25, 0.3) is 0 Å². The first-order chi connectivity index (χ1) is 11.8. The van der Waals surface area contributed by atoms with Crippen molar-refractivity contribution in [3.05, 3.63) is 30.1 Å². The van der Waals surface area contributed by atoms with Crippen molar-refractivity contribution in [2.45, 2.75) is 31.5 Å². The van der Waals surface area contributed by atoms with Gasteiger partial charge in [-0.1, -0.05) is 6.07 Å². The third-order valence-electron chi connectivity index (χ3n) is 5.73. The molecule has 130 valence electrons. The van der Waals surface area contributed by atoms with Gasteiger partial charge in [-0.2, -0.15) is 0 Å². The Morgan fingerprint density at radius 3 is 2.75 bits per heavy atom. The molecule has 0 aromatic carbocycles. The number of carbonyl (C=O) groups is 1. The molecule has 6 heteroatoms. The van der Waals surface area contributed by atoms with E-state index in [0.717, 1.165) is 52.4 Å². The Hall–Kier alpha value is -1.50. The number of aromatic nitrogens is 1. The first-order valence-corrected chi connectivity index (χ1v) is 9.17. The van der Waals surface area contributed by atoms with E-state index in [1.807, 2.05) is 18.5 Å². The largest absolute Gasteiger partial charge is 0.353 e. The Labute approximate surface area is 143 Å². The van der Waals surface area contributed by atoms with E-state index in [4.69, 9.17) is 0 Å². The summed E-state index contributed by atoms with van der Waals surface area (Å²) < 4.78 is 0. The second kappa shape index (κ2) is 7.17. The van der Waals surface area contributed by atoms with Gasteiger partial charge >= 0.3 is 0 Å². The molecule has 4 heterocycles. The number of hydrogen-bond donors (Lipinski definition) is 1. The SMILES string of the molecule is O=C1NCCN2CCN(C3CCN(Cc4cccnc4)CC3)CC12. The van der Waals surface area contributed by atoms with E-state index < -0.39 is 0 Å². The van der Waals surface area contributed by atoms with Crippen LogP contribution in [0.1, 0.15) is 18.4 Å². The van der Waals surface area contributed by atoms with Gasteiger partial charge in [0.2, 0.25) is 5.91 Å². The molecule has 1 aromatic rings. The van der Waals surface area contributed by atoms with E-state index in [1.54, 1.807) is 0 Å². The van der Waals surface area contributed by atoms with Crippen LogP contribution in [0.15, 0.2) is 24.5 Å². The maximum Gasteiger partial charge on any atom is 0.238 e. The van der Waals surface area contributed by atoms with Crippen molar-refractivity contribution in [3.63, 3.8) is 0 Å². The van der Waals surface area contributed by atoms with Crippen LogP contribution in [0.4, 0.5) is 0 Å². The van der Waals surface area contributed by atoms with E-state index in [1.165, 1.54) is 18.4 Å². The summed E-state index contributed by atoms with van der Waals surface area (Å²) in [4.78, 5) is 23.8. The van der Waals surface area contributed by atoms with E-state index in [2.05, 4.69) is 31.1 Å². The van der Waals surface area contributed by atoms with Gasteiger partial charge in [-0.05, 0) is 37.6 Å². The van der Waals surface area contributed by atoms with Crippen LogP contribution < -0.4 is 5.32 Å². The average Bonchev–Trinajstić information content (AvgIpc) is 2.63. The molecule has 0 bridgehead atoms. The van der Waals surface area contributed by atoms with Gasteiger partial charge in [-0.3, -0.25) is 24.5 Å². The number of fused-ring (bicyclic) bond motifs is 1. The molecule has 1 unspecified atom stereocenters. The van der Waals surface area contributed by atoms with Crippen molar-refractivity contribution in [2.24, 2.45) is 0 Å². The number of carbonyl (C=O) groups excluding carboxylic acids is 1. The summed E-state index contributed by atoms with van der Waals surface area (Å²) in [5.41, 5.74) is 1.29. The first-order valence-electron chi connectivity index (χ1n) is 9.17. The third-order valence-corrected chi connectivity index (χ3v) is 5.73. The Kier molecular flexibility index (Phi) is 4.78. The summed E-state index contributed by atoms with van der Waals surface area (Å²) in [6.45, 7) is 8.13. The van der Waals surface area contributed by atoms with E-state index in [-0.39, 0.29) is 11.9 Å². The smallest absolute Gasteiger partial charge is 0.238 e. The summed E-state index contributed by atoms with van der Waals surface area (Å²) >= 11 is 0. The molecule has 3 saturated heterocycles. The van der Waals surface area contributed by atoms with Crippen LogP contribution in [0.3, 0.4) is 0 Å². The van der Waals surface area contributed by atoms with Crippen LogP contribution in [0.25, 0.3) is 0 Å². The lowest BCUT2D eigenvalue weighted by atomic mass is 9.99. The van der Waals surface area contributed by atoms with Crippen molar-refractivity contribution < 1.29 is 4.79 Å². The molecule has 1 aromatic heterocycles. The van der Waals surface area contributed by atoms with Crippen molar-refractivity contribution >= 4 is 5.91 Å². The second-order valence-electron chi connectivity index (χ2n) is 7.21. The average molecular weight is 329 g/mol. The number of likely N-dealkylation sites (tertiary alicyclic amines) is 1. The summed E-state index contributed by atoms with van der Waals surface area (Å²) in [6.07, 6.45) is 6.20. The maximum atomic E-state index is 12.1. The number of nitrogens with one attached hydrogen (secondary N) is 1. The number of pyridine rings is 1. The highest BCUT2D eigenvalue weighted by Crippen LogP contribution is 2.22. The Bertz CT molecular complexity index is 558. The lowest BCUT2D eigenvalue weighted by Crippen LogP contribution is -2.65. The zero-order chi connectivity index (χ0) is 16.4. The van der Waals surface area contributed by atoms with Gasteiger partial charge in [0.1, 0.15) is 6.04 Å². The molecular formula is C18H27N5O. The minimum atomic E-state index is 0.0703. The number of piperazine rings is 2. The molecule has 3 aliphatic rings. The Balaban J connectivity index is 1.29. The normalized spacial score (nSPS) is 27.7. The maximum absolute atomic E-state index is 12.1. The van der Waals surface area contributed by atoms with Crippen LogP contribution >= 0.6 is 0 Å². The fourth-order valence-electron chi connectivity index (χ4n) is 4.32. The number of amides is 1. The van der Waals surface area contributed by atoms with Gasteiger partial charge in [0.15, 0.2) is 0 Å². The molecular weight excluding hydrogens is 302 g/mol. The minimum absolute atomic E-state index is 0.0703. The summed E-state index contributed by atoms with van der Waals surface area (Å²) in [7, 11) is 0. The van der Waals surface area contributed by atoms with Crippen molar-refractivity contribution in [2.75, 3.05) is 45.8 Å². The van der Waals surface area contributed by atoms with Crippen LogP contribution in [0.2, 0.25) is 0 Å². The number of rotatable bonds is 3. The predicted octanol–water partition coefficient (Wildman–Crippen LogP) is 0.162. The topological polar surface area (TPSA) is 51.7 Å². The predicted molar refractivity (Wildman–Crippen MR) is 92.5 cm³/mol. The lowest BCUT2D eigenvalue weighted by Gasteiger charge is -2.47. The van der Waals surface area contributed by atoms with Crippen LogP contribution in [-0.4, -0.2) is 83.5 Å². The quantitative estimate of drug-likeness (QED) is 0.856. The van der Waals surface area contributed by atoms with Gasteiger partial charge < -0.3 is 5.32 Å². The zero-order valence-corrected chi connectivity index (χ0v) is 14.2. The van der Waals surface area contributed by atoms with Crippen LogP contribution in [0.5, 0.6) is 0 Å². The highest BCUT2D eigenvalue weighted by molar-refractivity contribution is 5.82. The molecule has 0 saturated carbocycles. The third kappa shape index (κ3) is 3.45. The molecule has 1 N–H and O–H groups in total. The minimum Gasteiger partial charge on any atom is -0.353 e. The molecule has 1 atom stereocenters.